The molecule has 2 heterocycles. The van der Waals surface area contributed by atoms with Crippen molar-refractivity contribution in [3.63, 3.8) is 0 Å². The van der Waals surface area contributed by atoms with Crippen molar-refractivity contribution >= 4 is 43.8 Å². The average Bonchev–Trinajstić information content (AvgIpc) is 3.28. The third kappa shape index (κ3) is 6.20. The van der Waals surface area contributed by atoms with Crippen LogP contribution in [-0.4, -0.2) is 60.5 Å². The molecule has 6 nitrogen and oxygen atoms in total. The predicted molar refractivity (Wildman–Crippen MR) is 90.6 cm³/mol. The van der Waals surface area contributed by atoms with Gasteiger partial charge in [0.2, 0.25) is 0 Å². The summed E-state index contributed by atoms with van der Waals surface area (Å²) in [5.41, 5.74) is 0. The summed E-state index contributed by atoms with van der Waals surface area (Å²) in [5.74, 6) is 1.89. The Morgan fingerprint density at radius 2 is 1.59 bits per heavy atom. The molecule has 0 spiro atoms. The fraction of sp³-hybridized carbons (Fsp3) is 1.00. The van der Waals surface area contributed by atoms with E-state index in [-0.39, 0.29) is 18.3 Å². The lowest BCUT2D eigenvalue weighted by atomic mass is 10.2. The first-order valence-corrected chi connectivity index (χ1v) is 12.4. The van der Waals surface area contributed by atoms with Crippen LogP contribution in [0.1, 0.15) is 32.6 Å². The molecule has 2 rings (SSSR count). The summed E-state index contributed by atoms with van der Waals surface area (Å²) in [7, 11) is -7.84. The largest absolute Gasteiger partial charge is 0.285 e. The highest BCUT2D eigenvalue weighted by molar-refractivity contribution is 8.07. The second kappa shape index (κ2) is 7.60. The van der Waals surface area contributed by atoms with Gasteiger partial charge in [-0.1, -0.05) is 6.92 Å². The van der Waals surface area contributed by atoms with Crippen LogP contribution in [0.5, 0.6) is 0 Å². The van der Waals surface area contributed by atoms with Crippen LogP contribution in [0.15, 0.2) is 0 Å². The Balaban J connectivity index is 1.83. The van der Waals surface area contributed by atoms with Gasteiger partial charge in [-0.15, -0.1) is 0 Å². The maximum absolute atomic E-state index is 12.1. The molecule has 0 aromatic rings. The second-order valence-electron chi connectivity index (χ2n) is 5.65. The minimum absolute atomic E-state index is 0.00371. The van der Waals surface area contributed by atoms with Gasteiger partial charge in [-0.05, 0) is 25.7 Å². The fourth-order valence-electron chi connectivity index (χ4n) is 2.26. The van der Waals surface area contributed by atoms with Gasteiger partial charge in [-0.2, -0.15) is 40.4 Å². The zero-order valence-corrected chi connectivity index (χ0v) is 15.6. The Morgan fingerprint density at radius 1 is 1.09 bits per heavy atom. The zero-order valence-electron chi connectivity index (χ0n) is 12.4. The highest BCUT2D eigenvalue weighted by atomic mass is 32.2. The predicted octanol–water partition coefficient (Wildman–Crippen LogP) is 1.77. The van der Waals surface area contributed by atoms with Gasteiger partial charge in [0.15, 0.2) is 0 Å². The van der Waals surface area contributed by atoms with Crippen molar-refractivity contribution in [3.8, 4) is 0 Å². The summed E-state index contributed by atoms with van der Waals surface area (Å²) in [6.45, 7) is 1.61. The maximum Gasteiger partial charge on any atom is 0.270 e. The van der Waals surface area contributed by atoms with E-state index in [0.717, 1.165) is 11.5 Å². The third-order valence-corrected chi connectivity index (χ3v) is 8.93. The summed E-state index contributed by atoms with van der Waals surface area (Å²) in [6, 6.07) is 0. The molecule has 0 aliphatic carbocycles. The van der Waals surface area contributed by atoms with Crippen molar-refractivity contribution in [2.45, 2.75) is 53.6 Å². The SMILES string of the molecule is CCC(CC1CS1)S(=O)(=O)OCCC(CC1CS1)S(=O)(=O)O. The van der Waals surface area contributed by atoms with Crippen LogP contribution in [0.25, 0.3) is 0 Å². The summed E-state index contributed by atoms with van der Waals surface area (Å²) in [6.07, 6.45) is 1.43. The number of hydrogen-bond acceptors (Lipinski definition) is 7. The first-order valence-electron chi connectivity index (χ1n) is 7.30. The van der Waals surface area contributed by atoms with Crippen LogP contribution in [0.2, 0.25) is 0 Å². The van der Waals surface area contributed by atoms with Crippen molar-refractivity contribution in [3.05, 3.63) is 0 Å². The molecule has 0 aromatic heterocycles. The molecule has 22 heavy (non-hydrogen) atoms. The van der Waals surface area contributed by atoms with Crippen LogP contribution < -0.4 is 0 Å². The molecule has 4 unspecified atom stereocenters. The Hall–Kier alpha value is 0.520. The van der Waals surface area contributed by atoms with Crippen molar-refractivity contribution in [1.82, 2.24) is 0 Å². The Labute approximate surface area is 141 Å². The van der Waals surface area contributed by atoms with Gasteiger partial charge in [0.05, 0.1) is 17.1 Å². The lowest BCUT2D eigenvalue weighted by Gasteiger charge is -2.17. The molecular formula is C12H22O6S4. The van der Waals surface area contributed by atoms with E-state index in [9.17, 15) is 21.4 Å². The molecule has 0 bridgehead atoms. The van der Waals surface area contributed by atoms with E-state index >= 15 is 0 Å². The molecule has 2 saturated heterocycles. The van der Waals surface area contributed by atoms with Crippen molar-refractivity contribution < 1.29 is 25.6 Å². The van der Waals surface area contributed by atoms with Crippen molar-refractivity contribution in [1.29, 1.82) is 0 Å². The van der Waals surface area contributed by atoms with E-state index in [4.69, 9.17) is 4.18 Å². The first kappa shape index (κ1) is 18.9. The Morgan fingerprint density at radius 3 is 2.00 bits per heavy atom. The van der Waals surface area contributed by atoms with Crippen molar-refractivity contribution in [2.75, 3.05) is 18.1 Å². The molecular weight excluding hydrogens is 368 g/mol. The molecule has 10 heteroatoms. The maximum atomic E-state index is 12.1. The first-order chi connectivity index (χ1) is 10.2. The number of hydrogen-bond donors (Lipinski definition) is 1. The lowest BCUT2D eigenvalue weighted by molar-refractivity contribution is 0.297. The van der Waals surface area contributed by atoms with E-state index < -0.39 is 30.7 Å². The quantitative estimate of drug-likeness (QED) is 0.324. The number of thioether (sulfide) groups is 2. The van der Waals surface area contributed by atoms with Crippen LogP contribution in [0, 0.1) is 0 Å². The topological polar surface area (TPSA) is 97.7 Å². The molecule has 2 aliphatic rings. The summed E-state index contributed by atoms with van der Waals surface area (Å²) in [4.78, 5) is 0. The highest BCUT2D eigenvalue weighted by Gasteiger charge is 2.35. The molecule has 0 saturated carbocycles. The Bertz CT molecular complexity index is 564. The Kier molecular flexibility index (Phi) is 6.52. The standard InChI is InChI=1S/C12H22O6S4/c1-2-11(5-9-7-19-9)22(16,17)18-4-3-12(21(13,14)15)6-10-8-20-10/h9-12H,2-8H2,1H3,(H,13,14,15). The van der Waals surface area contributed by atoms with Crippen LogP contribution >= 0.6 is 23.5 Å². The van der Waals surface area contributed by atoms with E-state index in [2.05, 4.69) is 0 Å². The average molecular weight is 391 g/mol. The van der Waals surface area contributed by atoms with E-state index in [1.165, 1.54) is 0 Å². The normalized spacial score (nSPS) is 27.4. The molecule has 0 aromatic carbocycles. The van der Waals surface area contributed by atoms with E-state index in [1.807, 2.05) is 6.92 Å². The lowest BCUT2D eigenvalue weighted by Crippen LogP contribution is -2.28. The molecule has 2 aliphatic heterocycles. The number of rotatable bonds is 11. The summed E-state index contributed by atoms with van der Waals surface area (Å²) in [5, 5.41) is -0.822. The molecule has 2 fully saturated rings. The molecule has 1 N–H and O–H groups in total. The zero-order chi connectivity index (χ0) is 16.4. The van der Waals surface area contributed by atoms with Crippen LogP contribution in [0.4, 0.5) is 0 Å². The van der Waals surface area contributed by atoms with E-state index in [1.54, 1.807) is 23.5 Å². The molecule has 0 radical (unpaired) electrons. The van der Waals surface area contributed by atoms with Gasteiger partial charge in [0.25, 0.3) is 20.2 Å². The fourth-order valence-corrected chi connectivity index (χ4v) is 6.06. The van der Waals surface area contributed by atoms with Gasteiger partial charge in [0.1, 0.15) is 0 Å². The summed E-state index contributed by atoms with van der Waals surface area (Å²) < 4.78 is 61.2. The van der Waals surface area contributed by atoms with Gasteiger partial charge >= 0.3 is 0 Å². The molecule has 130 valence electrons. The molecule has 4 atom stereocenters. The second-order valence-corrected chi connectivity index (χ2v) is 11.9. The van der Waals surface area contributed by atoms with Crippen molar-refractivity contribution in [2.24, 2.45) is 0 Å². The smallest absolute Gasteiger partial charge is 0.270 e. The van der Waals surface area contributed by atoms with Gasteiger partial charge in [-0.3, -0.25) is 8.74 Å². The third-order valence-electron chi connectivity index (χ3n) is 3.83. The molecule has 0 amide bonds. The van der Waals surface area contributed by atoms with Crippen LogP contribution in [-0.2, 0) is 24.4 Å². The monoisotopic (exact) mass is 390 g/mol. The van der Waals surface area contributed by atoms with Gasteiger partial charge in [0, 0.05) is 22.0 Å². The minimum Gasteiger partial charge on any atom is -0.285 e. The minimum atomic E-state index is -4.16. The summed E-state index contributed by atoms with van der Waals surface area (Å²) >= 11 is 3.38. The van der Waals surface area contributed by atoms with E-state index in [0.29, 0.717) is 24.5 Å². The van der Waals surface area contributed by atoms with Crippen LogP contribution in [0.3, 0.4) is 0 Å². The van der Waals surface area contributed by atoms with Gasteiger partial charge in [-0.25, -0.2) is 0 Å². The van der Waals surface area contributed by atoms with Gasteiger partial charge < -0.3 is 0 Å². The highest BCUT2D eigenvalue weighted by Crippen LogP contribution is 2.37.